The second-order valence-corrected chi connectivity index (χ2v) is 5.55. The van der Waals surface area contributed by atoms with E-state index in [9.17, 15) is 9.90 Å². The molecule has 1 amide bonds. The molecule has 0 aromatic heterocycles. The van der Waals surface area contributed by atoms with Crippen LogP contribution in [-0.2, 0) is 11.2 Å². The molecule has 0 bridgehead atoms. The standard InChI is InChI=1S/C15H20N2O2/c1-17-13-3-2-11(8-12(13)9-14(17)18)15(19)10-4-6-16-7-5-10/h2-3,8,10,15-16,19H,4-7,9H2,1H3. The summed E-state index contributed by atoms with van der Waals surface area (Å²) in [5, 5.41) is 13.8. The Morgan fingerprint density at radius 1 is 1.37 bits per heavy atom. The van der Waals surface area contributed by atoms with Crippen LogP contribution in [-0.4, -0.2) is 31.2 Å². The molecule has 0 radical (unpaired) electrons. The van der Waals surface area contributed by atoms with Gasteiger partial charge in [0.2, 0.25) is 5.91 Å². The summed E-state index contributed by atoms with van der Waals surface area (Å²) in [6, 6.07) is 5.92. The summed E-state index contributed by atoms with van der Waals surface area (Å²) in [6.45, 7) is 1.96. The highest BCUT2D eigenvalue weighted by Crippen LogP contribution is 2.34. The highest BCUT2D eigenvalue weighted by Gasteiger charge is 2.27. The van der Waals surface area contributed by atoms with E-state index in [0.717, 1.165) is 42.7 Å². The SMILES string of the molecule is CN1C(=O)Cc2cc(C(O)C3CCNCC3)ccc21. The van der Waals surface area contributed by atoms with Gasteiger partial charge < -0.3 is 15.3 Å². The smallest absolute Gasteiger partial charge is 0.231 e. The molecule has 4 heteroatoms. The minimum absolute atomic E-state index is 0.128. The molecular formula is C15H20N2O2. The number of nitrogens with zero attached hydrogens (tertiary/aromatic N) is 1. The molecule has 1 fully saturated rings. The number of aliphatic hydroxyl groups is 1. The number of rotatable bonds is 2. The van der Waals surface area contributed by atoms with Crippen LogP contribution in [0.15, 0.2) is 18.2 Å². The van der Waals surface area contributed by atoms with Crippen molar-refractivity contribution in [3.05, 3.63) is 29.3 Å². The minimum atomic E-state index is -0.409. The number of carbonyl (C=O) groups excluding carboxylic acids is 1. The van der Waals surface area contributed by atoms with Gasteiger partial charge in [-0.25, -0.2) is 0 Å². The summed E-state index contributed by atoms with van der Waals surface area (Å²) < 4.78 is 0. The van der Waals surface area contributed by atoms with E-state index in [1.54, 1.807) is 11.9 Å². The lowest BCUT2D eigenvalue weighted by molar-refractivity contribution is -0.117. The quantitative estimate of drug-likeness (QED) is 0.841. The predicted molar refractivity (Wildman–Crippen MR) is 74.1 cm³/mol. The Balaban J connectivity index is 1.82. The largest absolute Gasteiger partial charge is 0.388 e. The van der Waals surface area contributed by atoms with E-state index in [0.29, 0.717) is 12.3 Å². The molecule has 4 nitrogen and oxygen atoms in total. The summed E-state index contributed by atoms with van der Waals surface area (Å²) >= 11 is 0. The first-order valence-corrected chi connectivity index (χ1v) is 6.95. The zero-order valence-corrected chi connectivity index (χ0v) is 11.2. The normalized spacial score (nSPS) is 21.6. The van der Waals surface area contributed by atoms with E-state index >= 15 is 0 Å². The van der Waals surface area contributed by atoms with Crippen LogP contribution in [0.25, 0.3) is 0 Å². The summed E-state index contributed by atoms with van der Waals surface area (Å²) in [5.41, 5.74) is 2.97. The molecule has 2 N–H and O–H groups in total. The van der Waals surface area contributed by atoms with Crippen LogP contribution in [0.2, 0.25) is 0 Å². The number of hydrogen-bond donors (Lipinski definition) is 2. The molecule has 0 spiro atoms. The number of nitrogens with one attached hydrogen (secondary N) is 1. The molecule has 2 aliphatic heterocycles. The van der Waals surface area contributed by atoms with E-state index in [1.165, 1.54) is 0 Å². The Morgan fingerprint density at radius 2 is 2.11 bits per heavy atom. The fourth-order valence-electron chi connectivity index (χ4n) is 3.11. The van der Waals surface area contributed by atoms with Gasteiger partial charge in [-0.3, -0.25) is 4.79 Å². The van der Waals surface area contributed by atoms with Crippen molar-refractivity contribution in [3.8, 4) is 0 Å². The van der Waals surface area contributed by atoms with Crippen molar-refractivity contribution in [3.63, 3.8) is 0 Å². The number of aliphatic hydroxyl groups excluding tert-OH is 1. The van der Waals surface area contributed by atoms with Crippen molar-refractivity contribution in [2.45, 2.75) is 25.4 Å². The van der Waals surface area contributed by atoms with Crippen LogP contribution in [0.1, 0.15) is 30.1 Å². The molecule has 1 saturated heterocycles. The fraction of sp³-hybridized carbons (Fsp3) is 0.533. The van der Waals surface area contributed by atoms with Crippen LogP contribution in [0.5, 0.6) is 0 Å². The maximum absolute atomic E-state index is 11.7. The molecule has 1 aromatic carbocycles. The van der Waals surface area contributed by atoms with Crippen LogP contribution in [0.4, 0.5) is 5.69 Å². The van der Waals surface area contributed by atoms with Gasteiger partial charge in [-0.1, -0.05) is 12.1 Å². The minimum Gasteiger partial charge on any atom is -0.388 e. The van der Waals surface area contributed by atoms with Gasteiger partial charge >= 0.3 is 0 Å². The molecule has 1 atom stereocenters. The molecule has 2 aliphatic rings. The Morgan fingerprint density at radius 3 is 2.84 bits per heavy atom. The first kappa shape index (κ1) is 12.6. The molecule has 19 heavy (non-hydrogen) atoms. The number of carbonyl (C=O) groups is 1. The Hall–Kier alpha value is -1.39. The van der Waals surface area contributed by atoms with Crippen molar-refractivity contribution in [1.82, 2.24) is 5.32 Å². The molecule has 0 saturated carbocycles. The van der Waals surface area contributed by atoms with Crippen LogP contribution < -0.4 is 10.2 Å². The second kappa shape index (κ2) is 4.94. The highest BCUT2D eigenvalue weighted by atomic mass is 16.3. The summed E-state index contributed by atoms with van der Waals surface area (Å²) in [7, 11) is 1.80. The predicted octanol–water partition coefficient (Wildman–Crippen LogP) is 1.24. The van der Waals surface area contributed by atoms with Crippen LogP contribution in [0, 0.1) is 5.92 Å². The van der Waals surface area contributed by atoms with Gasteiger partial charge in [-0.05, 0) is 49.0 Å². The van der Waals surface area contributed by atoms with Gasteiger partial charge in [0.05, 0.1) is 12.5 Å². The Labute approximate surface area is 113 Å². The summed E-state index contributed by atoms with van der Waals surface area (Å²) in [5.74, 6) is 0.456. The highest BCUT2D eigenvalue weighted by molar-refractivity contribution is 6.00. The number of anilines is 1. The number of benzene rings is 1. The van der Waals surface area contributed by atoms with Crippen molar-refractivity contribution in [2.24, 2.45) is 5.92 Å². The Bertz CT molecular complexity index is 495. The van der Waals surface area contributed by atoms with Gasteiger partial charge in [0.25, 0.3) is 0 Å². The van der Waals surface area contributed by atoms with Crippen LogP contribution >= 0.6 is 0 Å². The summed E-state index contributed by atoms with van der Waals surface area (Å²) in [6.07, 6.45) is 2.07. The molecule has 102 valence electrons. The molecule has 2 heterocycles. The molecule has 3 rings (SSSR count). The van der Waals surface area contributed by atoms with Gasteiger partial charge in [0.15, 0.2) is 0 Å². The van der Waals surface area contributed by atoms with E-state index in [4.69, 9.17) is 0 Å². The molecule has 0 aliphatic carbocycles. The number of fused-ring (bicyclic) bond motifs is 1. The van der Waals surface area contributed by atoms with Gasteiger partial charge in [-0.15, -0.1) is 0 Å². The number of amides is 1. The average molecular weight is 260 g/mol. The zero-order chi connectivity index (χ0) is 13.4. The van der Waals surface area contributed by atoms with Gasteiger partial charge in [0.1, 0.15) is 0 Å². The van der Waals surface area contributed by atoms with E-state index < -0.39 is 6.10 Å². The lowest BCUT2D eigenvalue weighted by Crippen LogP contribution is -2.30. The zero-order valence-electron chi connectivity index (χ0n) is 11.2. The van der Waals surface area contributed by atoms with E-state index in [-0.39, 0.29) is 5.91 Å². The van der Waals surface area contributed by atoms with E-state index in [2.05, 4.69) is 5.32 Å². The number of piperidine rings is 1. The molecule has 1 unspecified atom stereocenters. The van der Waals surface area contributed by atoms with Crippen molar-refractivity contribution < 1.29 is 9.90 Å². The van der Waals surface area contributed by atoms with Crippen molar-refractivity contribution in [1.29, 1.82) is 0 Å². The van der Waals surface area contributed by atoms with Gasteiger partial charge in [-0.2, -0.15) is 0 Å². The number of hydrogen-bond acceptors (Lipinski definition) is 3. The maximum Gasteiger partial charge on any atom is 0.231 e. The topological polar surface area (TPSA) is 52.6 Å². The fourth-order valence-corrected chi connectivity index (χ4v) is 3.11. The molecule has 1 aromatic rings. The van der Waals surface area contributed by atoms with E-state index in [1.807, 2.05) is 18.2 Å². The third-order valence-electron chi connectivity index (χ3n) is 4.35. The average Bonchev–Trinajstić information content (AvgIpc) is 2.74. The Kier molecular flexibility index (Phi) is 3.29. The first-order chi connectivity index (χ1) is 9.16. The lowest BCUT2D eigenvalue weighted by Gasteiger charge is -2.27. The molecular weight excluding hydrogens is 240 g/mol. The third kappa shape index (κ3) is 2.26. The monoisotopic (exact) mass is 260 g/mol. The van der Waals surface area contributed by atoms with Gasteiger partial charge in [0, 0.05) is 12.7 Å². The first-order valence-electron chi connectivity index (χ1n) is 6.95. The number of likely N-dealkylation sites (N-methyl/N-ethyl adjacent to an activating group) is 1. The maximum atomic E-state index is 11.7. The van der Waals surface area contributed by atoms with Crippen molar-refractivity contribution in [2.75, 3.05) is 25.0 Å². The second-order valence-electron chi connectivity index (χ2n) is 5.55. The lowest BCUT2D eigenvalue weighted by atomic mass is 9.87. The summed E-state index contributed by atoms with van der Waals surface area (Å²) in [4.78, 5) is 13.4. The van der Waals surface area contributed by atoms with Crippen molar-refractivity contribution >= 4 is 11.6 Å². The van der Waals surface area contributed by atoms with Crippen LogP contribution in [0.3, 0.4) is 0 Å². The third-order valence-corrected chi connectivity index (χ3v) is 4.35.